The van der Waals surface area contributed by atoms with Gasteiger partial charge < -0.3 is 33.8 Å². The summed E-state index contributed by atoms with van der Waals surface area (Å²) in [7, 11) is -9.82. The molecule has 396 valence electrons. The number of ether oxygens (including phenoxy) is 4. The van der Waals surface area contributed by atoms with E-state index in [2.05, 4.69) is 20.8 Å². The van der Waals surface area contributed by atoms with Gasteiger partial charge in [-0.05, 0) is 25.7 Å². The predicted octanol–water partition coefficient (Wildman–Crippen LogP) is 11.7. The molecule has 0 saturated heterocycles. The van der Waals surface area contributed by atoms with Gasteiger partial charge in [0.2, 0.25) is 0 Å². The summed E-state index contributed by atoms with van der Waals surface area (Å²) in [4.78, 5) is 70.6. The molecule has 0 saturated carbocycles. The normalized spacial score (nSPS) is 14.7. The van der Waals surface area contributed by atoms with E-state index in [0.29, 0.717) is 25.7 Å². The molecule has 0 spiro atoms. The first-order valence-corrected chi connectivity index (χ1v) is 28.8. The lowest BCUT2D eigenvalue weighted by Gasteiger charge is -2.21. The molecule has 0 bridgehead atoms. The molecule has 0 aromatic carbocycles. The minimum absolute atomic E-state index is 0.0951. The Morgan fingerprint density at radius 2 is 0.597 bits per heavy atom. The SMILES string of the molecule is CCCCCCCCCCCCCCCC(=O)O[C@H](COC(=O)CCCCCCC)COP(=O)(O)OC[C@H](O)COP(=O)(O)OC[C@@H](COC(=O)CCCCCCC)OC(=O)CCCCCC. The number of hydrogen-bond acceptors (Lipinski definition) is 15. The van der Waals surface area contributed by atoms with E-state index in [-0.39, 0.29) is 25.7 Å². The van der Waals surface area contributed by atoms with E-state index in [1.165, 1.54) is 51.4 Å². The zero-order chi connectivity index (χ0) is 49.9. The van der Waals surface area contributed by atoms with E-state index >= 15 is 0 Å². The smallest absolute Gasteiger partial charge is 0.462 e. The molecule has 2 unspecified atom stereocenters. The largest absolute Gasteiger partial charge is 0.472 e. The zero-order valence-electron chi connectivity index (χ0n) is 41.8. The van der Waals surface area contributed by atoms with Crippen LogP contribution in [-0.4, -0.2) is 96.7 Å². The number of aliphatic hydroxyl groups excluding tert-OH is 1. The molecular formula is C48H92O17P2. The van der Waals surface area contributed by atoms with E-state index < -0.39 is 97.5 Å². The number of rotatable bonds is 49. The third-order valence-corrected chi connectivity index (χ3v) is 12.8. The van der Waals surface area contributed by atoms with Gasteiger partial charge in [-0.25, -0.2) is 9.13 Å². The maximum atomic E-state index is 12.8. The fourth-order valence-corrected chi connectivity index (χ4v) is 8.38. The molecule has 0 aliphatic rings. The van der Waals surface area contributed by atoms with Gasteiger partial charge in [-0.2, -0.15) is 0 Å². The third-order valence-electron chi connectivity index (χ3n) is 10.9. The lowest BCUT2D eigenvalue weighted by molar-refractivity contribution is -0.161. The van der Waals surface area contributed by atoms with Crippen LogP contribution in [0.3, 0.4) is 0 Å². The Morgan fingerprint density at radius 3 is 0.896 bits per heavy atom. The summed E-state index contributed by atoms with van der Waals surface area (Å²) < 4.78 is 66.6. The van der Waals surface area contributed by atoms with Crippen molar-refractivity contribution in [2.24, 2.45) is 0 Å². The number of carbonyl (C=O) groups is 4. The summed E-state index contributed by atoms with van der Waals surface area (Å²) in [5.74, 6) is -2.20. The van der Waals surface area contributed by atoms with E-state index in [1.54, 1.807) is 0 Å². The third kappa shape index (κ3) is 43.8. The van der Waals surface area contributed by atoms with Gasteiger partial charge >= 0.3 is 39.5 Å². The second kappa shape index (κ2) is 44.0. The predicted molar refractivity (Wildman–Crippen MR) is 257 cm³/mol. The number of unbranched alkanes of at least 4 members (excludes halogenated alkanes) is 23. The summed E-state index contributed by atoms with van der Waals surface area (Å²) in [5, 5.41) is 10.4. The van der Waals surface area contributed by atoms with Crippen LogP contribution in [0.25, 0.3) is 0 Å². The van der Waals surface area contributed by atoms with Gasteiger partial charge in [0, 0.05) is 25.7 Å². The minimum atomic E-state index is -4.92. The first-order chi connectivity index (χ1) is 32.2. The molecule has 19 heteroatoms. The van der Waals surface area contributed by atoms with Crippen molar-refractivity contribution < 1.29 is 80.2 Å². The molecule has 67 heavy (non-hydrogen) atoms. The first kappa shape index (κ1) is 65.1. The van der Waals surface area contributed by atoms with Crippen molar-refractivity contribution >= 4 is 39.5 Å². The summed E-state index contributed by atoms with van der Waals surface area (Å²) in [6.45, 7) is 4.46. The van der Waals surface area contributed by atoms with Gasteiger partial charge in [0.25, 0.3) is 0 Å². The number of phosphoric ester groups is 2. The molecular weight excluding hydrogens is 910 g/mol. The van der Waals surface area contributed by atoms with Gasteiger partial charge in [-0.15, -0.1) is 0 Å². The summed E-state index contributed by atoms with van der Waals surface area (Å²) in [5.41, 5.74) is 0. The van der Waals surface area contributed by atoms with Crippen molar-refractivity contribution in [1.82, 2.24) is 0 Å². The van der Waals surface area contributed by atoms with Crippen LogP contribution >= 0.6 is 15.6 Å². The van der Waals surface area contributed by atoms with Gasteiger partial charge in [0.05, 0.1) is 26.4 Å². The van der Waals surface area contributed by atoms with Crippen LogP contribution in [0.2, 0.25) is 0 Å². The van der Waals surface area contributed by atoms with Crippen LogP contribution < -0.4 is 0 Å². The van der Waals surface area contributed by atoms with Crippen molar-refractivity contribution in [2.45, 2.75) is 245 Å². The molecule has 0 amide bonds. The second-order valence-corrected chi connectivity index (χ2v) is 20.4. The van der Waals surface area contributed by atoms with E-state index in [0.717, 1.165) is 96.3 Å². The molecule has 0 aromatic rings. The summed E-state index contributed by atoms with van der Waals surface area (Å²) >= 11 is 0. The fourth-order valence-electron chi connectivity index (χ4n) is 6.80. The van der Waals surface area contributed by atoms with Gasteiger partial charge in [-0.3, -0.25) is 37.3 Å². The Bertz CT molecular complexity index is 1340. The van der Waals surface area contributed by atoms with Crippen LogP contribution in [0.15, 0.2) is 0 Å². The Morgan fingerprint density at radius 1 is 0.358 bits per heavy atom. The molecule has 0 fully saturated rings. The maximum absolute atomic E-state index is 12.8. The van der Waals surface area contributed by atoms with Crippen LogP contribution in [0.5, 0.6) is 0 Å². The van der Waals surface area contributed by atoms with Gasteiger partial charge in [0.15, 0.2) is 12.2 Å². The minimum Gasteiger partial charge on any atom is -0.462 e. The second-order valence-electron chi connectivity index (χ2n) is 17.5. The molecule has 5 atom stereocenters. The van der Waals surface area contributed by atoms with Crippen LogP contribution in [-0.2, 0) is 65.4 Å². The summed E-state index contributed by atoms with van der Waals surface area (Å²) in [6, 6.07) is 0. The summed E-state index contributed by atoms with van der Waals surface area (Å²) in [6.07, 6.45) is 23.8. The Balaban J connectivity index is 5.05. The average Bonchev–Trinajstić information content (AvgIpc) is 3.29. The average molecular weight is 1000 g/mol. The molecule has 3 N–H and O–H groups in total. The highest BCUT2D eigenvalue weighted by molar-refractivity contribution is 7.47. The number of carbonyl (C=O) groups excluding carboxylic acids is 4. The molecule has 0 aliphatic heterocycles. The topological polar surface area (TPSA) is 237 Å². The maximum Gasteiger partial charge on any atom is 0.472 e. The Kier molecular flexibility index (Phi) is 42.8. The van der Waals surface area contributed by atoms with Crippen molar-refractivity contribution in [1.29, 1.82) is 0 Å². The Hall–Kier alpha value is -1.94. The molecule has 0 aliphatic carbocycles. The zero-order valence-corrected chi connectivity index (χ0v) is 43.6. The molecule has 17 nitrogen and oxygen atoms in total. The van der Waals surface area contributed by atoms with E-state index in [1.807, 2.05) is 6.92 Å². The lowest BCUT2D eigenvalue weighted by Crippen LogP contribution is -2.30. The molecule has 0 rings (SSSR count). The van der Waals surface area contributed by atoms with Crippen molar-refractivity contribution in [3.05, 3.63) is 0 Å². The number of phosphoric acid groups is 2. The first-order valence-electron chi connectivity index (χ1n) is 25.8. The number of aliphatic hydroxyl groups is 1. The number of hydrogen-bond donors (Lipinski definition) is 3. The molecule has 0 radical (unpaired) electrons. The monoisotopic (exact) mass is 1000 g/mol. The highest BCUT2D eigenvalue weighted by Gasteiger charge is 2.30. The van der Waals surface area contributed by atoms with Crippen LogP contribution in [0.1, 0.15) is 227 Å². The highest BCUT2D eigenvalue weighted by Crippen LogP contribution is 2.45. The van der Waals surface area contributed by atoms with Crippen molar-refractivity contribution in [3.63, 3.8) is 0 Å². The van der Waals surface area contributed by atoms with E-state index in [4.69, 9.17) is 37.0 Å². The molecule has 0 aromatic heterocycles. The highest BCUT2D eigenvalue weighted by atomic mass is 31.2. The van der Waals surface area contributed by atoms with Crippen molar-refractivity contribution in [2.75, 3.05) is 39.6 Å². The lowest BCUT2D eigenvalue weighted by atomic mass is 10.0. The van der Waals surface area contributed by atoms with Crippen LogP contribution in [0, 0.1) is 0 Å². The van der Waals surface area contributed by atoms with Crippen LogP contribution in [0.4, 0.5) is 0 Å². The Labute approximate surface area is 403 Å². The standard InChI is InChI=1S/C48H92O17P2/c1-5-9-13-17-18-19-20-21-22-23-24-27-31-35-48(53)65-44(39-59-46(51)33-30-26-15-11-7-3)41-63-67(56,57)61-37-42(49)36-60-66(54,55)62-40-43(64-47(52)34-28-16-12-8-4)38-58-45(50)32-29-25-14-10-6-2/h42-44,49H,5-41H2,1-4H3,(H,54,55)(H,56,57)/t42-,43-,44-/m1/s1. The van der Waals surface area contributed by atoms with Gasteiger partial charge in [-0.1, -0.05) is 175 Å². The molecule has 0 heterocycles. The van der Waals surface area contributed by atoms with E-state index in [9.17, 15) is 43.2 Å². The van der Waals surface area contributed by atoms with Crippen molar-refractivity contribution in [3.8, 4) is 0 Å². The fraction of sp³-hybridized carbons (Fsp3) is 0.917. The quantitative estimate of drug-likeness (QED) is 0.0222. The number of esters is 4. The van der Waals surface area contributed by atoms with Gasteiger partial charge in [0.1, 0.15) is 19.3 Å².